The number of hydrogen-bond donors (Lipinski definition) is 2. The Morgan fingerprint density at radius 1 is 1.35 bits per heavy atom. The van der Waals surface area contributed by atoms with E-state index >= 15 is 0 Å². The van der Waals surface area contributed by atoms with Crippen molar-refractivity contribution >= 4 is 5.78 Å². The predicted molar refractivity (Wildman–Crippen MR) is 66.8 cm³/mol. The van der Waals surface area contributed by atoms with E-state index in [-0.39, 0.29) is 17.1 Å². The van der Waals surface area contributed by atoms with Gasteiger partial charge in [-0.2, -0.15) is 0 Å². The van der Waals surface area contributed by atoms with Crippen molar-refractivity contribution in [3.63, 3.8) is 0 Å². The van der Waals surface area contributed by atoms with Crippen molar-refractivity contribution < 1.29 is 9.90 Å². The number of phenolic OH excluding ortho intramolecular Hbond substituents is 1. The summed E-state index contributed by atoms with van der Waals surface area (Å²) in [6.07, 6.45) is 5.01. The Morgan fingerprint density at radius 3 is 2.71 bits per heavy atom. The molecule has 1 saturated carbocycles. The summed E-state index contributed by atoms with van der Waals surface area (Å²) in [4.78, 5) is 11.9. The van der Waals surface area contributed by atoms with Crippen LogP contribution < -0.4 is 5.73 Å². The van der Waals surface area contributed by atoms with Crippen molar-refractivity contribution in [3.05, 3.63) is 29.8 Å². The van der Waals surface area contributed by atoms with Gasteiger partial charge in [0, 0.05) is 18.4 Å². The first-order chi connectivity index (χ1) is 8.07. The van der Waals surface area contributed by atoms with Gasteiger partial charge < -0.3 is 10.8 Å². The Labute approximate surface area is 102 Å². The molecule has 3 N–H and O–H groups in total. The Morgan fingerprint density at radius 2 is 2.06 bits per heavy atom. The SMILES string of the molecule is NC1(CC(=O)Cc2cccc(O)c2)CCCC1. The molecule has 0 saturated heterocycles. The van der Waals surface area contributed by atoms with Crippen LogP contribution >= 0.6 is 0 Å². The van der Waals surface area contributed by atoms with Gasteiger partial charge in [0.05, 0.1) is 0 Å². The van der Waals surface area contributed by atoms with Crippen molar-refractivity contribution in [2.45, 2.75) is 44.1 Å². The number of hydrogen-bond acceptors (Lipinski definition) is 3. The van der Waals surface area contributed by atoms with Gasteiger partial charge in [-0.05, 0) is 30.5 Å². The van der Waals surface area contributed by atoms with Crippen LogP contribution in [0.2, 0.25) is 0 Å². The zero-order valence-electron chi connectivity index (χ0n) is 9.98. The van der Waals surface area contributed by atoms with Crippen molar-refractivity contribution in [1.29, 1.82) is 0 Å². The molecule has 1 aromatic carbocycles. The molecule has 92 valence electrons. The third-order valence-electron chi connectivity index (χ3n) is 3.46. The molecule has 0 aliphatic heterocycles. The molecule has 0 unspecified atom stereocenters. The van der Waals surface area contributed by atoms with E-state index in [2.05, 4.69) is 0 Å². The van der Waals surface area contributed by atoms with Crippen LogP contribution in [-0.4, -0.2) is 16.4 Å². The van der Waals surface area contributed by atoms with Crippen LogP contribution in [0.5, 0.6) is 5.75 Å². The second-order valence-corrected chi connectivity index (χ2v) is 5.13. The lowest BCUT2D eigenvalue weighted by Gasteiger charge is -2.22. The molecule has 1 aliphatic rings. The van der Waals surface area contributed by atoms with Gasteiger partial charge >= 0.3 is 0 Å². The van der Waals surface area contributed by atoms with Crippen LogP contribution in [0.15, 0.2) is 24.3 Å². The molecule has 2 rings (SSSR count). The minimum Gasteiger partial charge on any atom is -0.508 e. The lowest BCUT2D eigenvalue weighted by Crippen LogP contribution is -2.39. The first-order valence-corrected chi connectivity index (χ1v) is 6.16. The number of nitrogens with two attached hydrogens (primary N) is 1. The van der Waals surface area contributed by atoms with E-state index in [9.17, 15) is 9.90 Å². The van der Waals surface area contributed by atoms with Gasteiger partial charge in [-0.1, -0.05) is 25.0 Å². The molecule has 0 radical (unpaired) electrons. The molecule has 17 heavy (non-hydrogen) atoms. The molecule has 0 amide bonds. The summed E-state index contributed by atoms with van der Waals surface area (Å²) in [5, 5.41) is 9.32. The van der Waals surface area contributed by atoms with Gasteiger partial charge in [-0.3, -0.25) is 4.79 Å². The highest BCUT2D eigenvalue weighted by Crippen LogP contribution is 2.30. The largest absolute Gasteiger partial charge is 0.508 e. The van der Waals surface area contributed by atoms with Gasteiger partial charge in [-0.25, -0.2) is 0 Å². The van der Waals surface area contributed by atoms with Crippen molar-refractivity contribution in [1.82, 2.24) is 0 Å². The highest BCUT2D eigenvalue weighted by Gasteiger charge is 2.31. The van der Waals surface area contributed by atoms with E-state index < -0.39 is 0 Å². The van der Waals surface area contributed by atoms with E-state index in [0.717, 1.165) is 31.2 Å². The summed E-state index contributed by atoms with van der Waals surface area (Å²) in [7, 11) is 0. The lowest BCUT2D eigenvalue weighted by molar-refractivity contribution is -0.119. The van der Waals surface area contributed by atoms with E-state index in [0.29, 0.717) is 12.8 Å². The highest BCUT2D eigenvalue weighted by molar-refractivity contribution is 5.82. The van der Waals surface area contributed by atoms with Crippen LogP contribution in [-0.2, 0) is 11.2 Å². The number of rotatable bonds is 4. The van der Waals surface area contributed by atoms with E-state index in [1.807, 2.05) is 6.07 Å². The molecule has 3 heteroatoms. The fourth-order valence-electron chi connectivity index (χ4n) is 2.61. The first kappa shape index (κ1) is 12.1. The summed E-state index contributed by atoms with van der Waals surface area (Å²) < 4.78 is 0. The molecular weight excluding hydrogens is 214 g/mol. The maximum atomic E-state index is 11.9. The highest BCUT2D eigenvalue weighted by atomic mass is 16.3. The maximum absolute atomic E-state index is 11.9. The Balaban J connectivity index is 1.93. The maximum Gasteiger partial charge on any atom is 0.139 e. The number of Topliss-reactive ketones (excluding diaryl/α,β-unsaturated/α-hetero) is 1. The predicted octanol–water partition coefficient (Wildman–Crippen LogP) is 2.17. The van der Waals surface area contributed by atoms with Gasteiger partial charge in [0.2, 0.25) is 0 Å². The summed E-state index contributed by atoms with van der Waals surface area (Å²) in [5.74, 6) is 0.374. The van der Waals surface area contributed by atoms with Crippen LogP contribution in [0.3, 0.4) is 0 Å². The number of ketones is 1. The molecule has 0 atom stereocenters. The number of aromatic hydroxyl groups is 1. The monoisotopic (exact) mass is 233 g/mol. The summed E-state index contributed by atoms with van der Waals surface area (Å²) >= 11 is 0. The van der Waals surface area contributed by atoms with Crippen molar-refractivity contribution in [3.8, 4) is 5.75 Å². The standard InChI is InChI=1S/C14H19NO2/c15-14(6-1-2-7-14)10-13(17)9-11-4-3-5-12(16)8-11/h3-5,8,16H,1-2,6-7,9-10,15H2. The van der Waals surface area contributed by atoms with Crippen molar-refractivity contribution in [2.24, 2.45) is 5.73 Å². The average Bonchev–Trinajstić information content (AvgIpc) is 2.64. The number of benzene rings is 1. The Hall–Kier alpha value is -1.35. The number of phenols is 1. The minimum atomic E-state index is -0.270. The van der Waals surface area contributed by atoms with Gasteiger partial charge in [-0.15, -0.1) is 0 Å². The van der Waals surface area contributed by atoms with Gasteiger partial charge in [0.1, 0.15) is 11.5 Å². The van der Waals surface area contributed by atoms with Gasteiger partial charge in [0.25, 0.3) is 0 Å². The first-order valence-electron chi connectivity index (χ1n) is 6.16. The normalized spacial score (nSPS) is 18.2. The molecule has 0 aromatic heterocycles. The summed E-state index contributed by atoms with van der Waals surface area (Å²) in [6, 6.07) is 6.85. The van der Waals surface area contributed by atoms with E-state index in [1.165, 1.54) is 0 Å². The fourth-order valence-corrected chi connectivity index (χ4v) is 2.61. The average molecular weight is 233 g/mol. The minimum absolute atomic E-state index is 0.167. The molecular formula is C14H19NO2. The summed E-state index contributed by atoms with van der Waals surface area (Å²) in [5.41, 5.74) is 6.76. The second-order valence-electron chi connectivity index (χ2n) is 5.13. The molecule has 0 heterocycles. The summed E-state index contributed by atoms with van der Waals surface area (Å²) in [6.45, 7) is 0. The third-order valence-corrected chi connectivity index (χ3v) is 3.46. The van der Waals surface area contributed by atoms with E-state index in [1.54, 1.807) is 18.2 Å². The lowest BCUT2D eigenvalue weighted by atomic mass is 9.90. The number of carbonyl (C=O) groups is 1. The van der Waals surface area contributed by atoms with Crippen LogP contribution in [0.4, 0.5) is 0 Å². The fraction of sp³-hybridized carbons (Fsp3) is 0.500. The molecule has 1 aromatic rings. The molecule has 3 nitrogen and oxygen atoms in total. The second kappa shape index (κ2) is 4.88. The number of carbonyl (C=O) groups excluding carboxylic acids is 1. The van der Waals surface area contributed by atoms with Gasteiger partial charge in [0.15, 0.2) is 0 Å². The topological polar surface area (TPSA) is 63.3 Å². The third kappa shape index (κ3) is 3.30. The van der Waals surface area contributed by atoms with E-state index in [4.69, 9.17) is 5.73 Å². The van der Waals surface area contributed by atoms with Crippen molar-refractivity contribution in [2.75, 3.05) is 0 Å². The zero-order chi connectivity index (χ0) is 12.3. The zero-order valence-corrected chi connectivity index (χ0v) is 9.98. The van der Waals surface area contributed by atoms with Crippen LogP contribution in [0.25, 0.3) is 0 Å². The molecule has 0 bridgehead atoms. The molecule has 1 fully saturated rings. The smallest absolute Gasteiger partial charge is 0.139 e. The van der Waals surface area contributed by atoms with Crippen LogP contribution in [0, 0.1) is 0 Å². The Kier molecular flexibility index (Phi) is 3.48. The molecule has 1 aliphatic carbocycles. The van der Waals surface area contributed by atoms with Crippen LogP contribution in [0.1, 0.15) is 37.7 Å². The Bertz CT molecular complexity index is 408. The molecule has 0 spiro atoms. The quantitative estimate of drug-likeness (QED) is 0.837.